The van der Waals surface area contributed by atoms with Gasteiger partial charge >= 0.3 is 5.97 Å². The van der Waals surface area contributed by atoms with Gasteiger partial charge in [-0.05, 0) is 36.4 Å². The molecule has 0 radical (unpaired) electrons. The molecule has 0 aliphatic carbocycles. The third-order valence-electron chi connectivity index (χ3n) is 6.51. The second kappa shape index (κ2) is 8.22. The molecule has 2 aliphatic heterocycles. The van der Waals surface area contributed by atoms with Gasteiger partial charge in [-0.3, -0.25) is 0 Å². The van der Waals surface area contributed by atoms with E-state index in [1.807, 2.05) is 60.5 Å². The van der Waals surface area contributed by atoms with Crippen LogP contribution in [0.3, 0.4) is 0 Å². The first-order chi connectivity index (χ1) is 17.2. The Labute approximate surface area is 226 Å². The van der Waals surface area contributed by atoms with Crippen molar-refractivity contribution >= 4 is 63.7 Å². The van der Waals surface area contributed by atoms with Crippen LogP contribution < -0.4 is 9.64 Å². The molecule has 9 heteroatoms. The summed E-state index contributed by atoms with van der Waals surface area (Å²) in [5, 5.41) is 10.2. The molecule has 1 spiro atoms. The molecule has 0 saturated heterocycles. The highest BCUT2D eigenvalue weighted by molar-refractivity contribution is 6.53. The summed E-state index contributed by atoms with van der Waals surface area (Å²) in [4.78, 5) is 15.2. The molecule has 1 N–H and O–H groups in total. The lowest BCUT2D eigenvalue weighted by Gasteiger charge is -2.37. The summed E-state index contributed by atoms with van der Waals surface area (Å²) in [6.07, 6.45) is 0. The Kier molecular flexibility index (Phi) is 5.32. The lowest BCUT2D eigenvalue weighted by molar-refractivity contribution is 0.0224. The number of ether oxygens (including phenoxy) is 2. The van der Waals surface area contributed by atoms with Gasteiger partial charge in [0.1, 0.15) is 17.2 Å². The number of carbonyl (C=O) groups is 1. The lowest BCUT2D eigenvalue weighted by Crippen LogP contribution is -2.33. The first kappa shape index (κ1) is 23.3. The fourth-order valence-corrected chi connectivity index (χ4v) is 5.88. The minimum atomic E-state index is -1.53. The summed E-state index contributed by atoms with van der Waals surface area (Å²) in [7, 11) is 1.93. The summed E-state index contributed by atoms with van der Waals surface area (Å²) in [6.45, 7) is 0. The summed E-state index contributed by atoms with van der Waals surface area (Å²) >= 11 is 25.9. The zero-order valence-electron chi connectivity index (χ0n) is 18.5. The molecule has 0 bridgehead atoms. The van der Waals surface area contributed by atoms with E-state index in [2.05, 4.69) is 0 Å². The fraction of sp³-hybridized carbons (Fsp3) is 0.0741. The molecule has 0 aromatic heterocycles. The van der Waals surface area contributed by atoms with Crippen molar-refractivity contribution in [3.8, 4) is 17.2 Å². The smallest absolute Gasteiger partial charge is 0.341 e. The quantitative estimate of drug-likeness (QED) is 0.152. The van der Waals surface area contributed by atoms with E-state index in [1.165, 1.54) is 12.1 Å². The van der Waals surface area contributed by atoms with Crippen LogP contribution in [-0.4, -0.2) is 18.1 Å². The highest BCUT2D eigenvalue weighted by Crippen LogP contribution is 2.61. The molecular weight excluding hydrogens is 544 g/mol. The molecular formula is C27H15Cl4NO4. The van der Waals surface area contributed by atoms with Gasteiger partial charge in [0.2, 0.25) is 0 Å². The number of anilines is 2. The zero-order valence-corrected chi connectivity index (χ0v) is 21.5. The molecule has 0 fully saturated rings. The van der Waals surface area contributed by atoms with Crippen LogP contribution in [0.1, 0.15) is 27.0 Å². The lowest BCUT2D eigenvalue weighted by atomic mass is 9.77. The van der Waals surface area contributed by atoms with Gasteiger partial charge in [0.05, 0.1) is 25.7 Å². The highest BCUT2D eigenvalue weighted by atomic mass is 35.5. The van der Waals surface area contributed by atoms with E-state index in [1.54, 1.807) is 6.07 Å². The molecule has 180 valence electrons. The van der Waals surface area contributed by atoms with E-state index in [4.69, 9.17) is 55.9 Å². The van der Waals surface area contributed by atoms with Crippen LogP contribution in [0.25, 0.3) is 0 Å². The maximum Gasteiger partial charge on any atom is 0.341 e. The predicted octanol–water partition coefficient (Wildman–Crippen LogP) is 8.34. The molecule has 4 aromatic carbocycles. The number of carbonyl (C=O) groups excluding carboxylic acids is 1. The Morgan fingerprint density at radius 1 is 0.778 bits per heavy atom. The van der Waals surface area contributed by atoms with Crippen LogP contribution >= 0.6 is 46.4 Å². The van der Waals surface area contributed by atoms with Gasteiger partial charge in [-0.2, -0.15) is 0 Å². The number of fused-ring (bicyclic) bond motifs is 6. The molecule has 4 aromatic rings. The first-order valence-corrected chi connectivity index (χ1v) is 12.3. The van der Waals surface area contributed by atoms with Gasteiger partial charge in [0.25, 0.3) is 0 Å². The third-order valence-corrected chi connectivity index (χ3v) is 8.31. The first-order valence-electron chi connectivity index (χ1n) is 10.8. The number of benzene rings is 4. The molecule has 1 unspecified atom stereocenters. The highest BCUT2D eigenvalue weighted by Gasteiger charge is 2.56. The second-order valence-electron chi connectivity index (χ2n) is 8.43. The minimum Gasteiger partial charge on any atom is -0.508 e. The van der Waals surface area contributed by atoms with Crippen LogP contribution in [0.5, 0.6) is 17.2 Å². The van der Waals surface area contributed by atoms with Crippen LogP contribution in [-0.2, 0) is 10.3 Å². The Morgan fingerprint density at radius 2 is 1.42 bits per heavy atom. The Balaban J connectivity index is 1.65. The third kappa shape index (κ3) is 3.14. The van der Waals surface area contributed by atoms with E-state index in [0.29, 0.717) is 22.6 Å². The topological polar surface area (TPSA) is 59.0 Å². The van der Waals surface area contributed by atoms with E-state index < -0.39 is 11.6 Å². The molecule has 5 nitrogen and oxygen atoms in total. The molecule has 6 rings (SSSR count). The maximum atomic E-state index is 13.3. The van der Waals surface area contributed by atoms with Crippen LogP contribution in [0, 0.1) is 0 Å². The van der Waals surface area contributed by atoms with Crippen molar-refractivity contribution < 1.29 is 19.4 Å². The molecule has 1 atom stereocenters. The normalized spacial score (nSPS) is 17.2. The summed E-state index contributed by atoms with van der Waals surface area (Å²) < 4.78 is 12.3. The Hall–Kier alpha value is -3.09. The number of hydrogen-bond donors (Lipinski definition) is 1. The zero-order chi connectivity index (χ0) is 25.4. The Bertz CT molecular complexity index is 1590. The second-order valence-corrected chi connectivity index (χ2v) is 9.95. The van der Waals surface area contributed by atoms with Crippen molar-refractivity contribution in [2.24, 2.45) is 0 Å². The minimum absolute atomic E-state index is 0.00793. The maximum absolute atomic E-state index is 13.3. The number of aromatic hydroxyl groups is 1. The number of nitrogens with zero attached hydrogens (tertiary/aromatic N) is 1. The van der Waals surface area contributed by atoms with Gasteiger partial charge in [-0.25, -0.2) is 4.79 Å². The van der Waals surface area contributed by atoms with E-state index in [9.17, 15) is 9.90 Å². The van der Waals surface area contributed by atoms with E-state index >= 15 is 0 Å². The van der Waals surface area contributed by atoms with Gasteiger partial charge in [-0.1, -0.05) is 64.6 Å². The van der Waals surface area contributed by atoms with Crippen molar-refractivity contribution in [1.29, 1.82) is 0 Å². The molecule has 2 aliphatic rings. The standard InChI is InChI=1S/C27H15Cl4NO4/c1-32(13-5-3-2-4-6-13)14-7-9-16-18(11-14)35-19-12-15(33)8-10-17(19)27(16)21-20(26(34)36-27)22(28)24(30)25(31)23(21)29/h2-12,33H,1H3. The number of hydrogen-bond acceptors (Lipinski definition) is 5. The average molecular weight is 559 g/mol. The van der Waals surface area contributed by atoms with Crippen LogP contribution in [0.2, 0.25) is 20.1 Å². The van der Waals surface area contributed by atoms with Gasteiger partial charge in [-0.15, -0.1) is 0 Å². The Morgan fingerprint density at radius 3 is 2.14 bits per heavy atom. The number of phenols is 1. The fourth-order valence-electron chi connectivity index (χ4n) is 4.82. The number of para-hydroxylation sites is 1. The summed E-state index contributed by atoms with van der Waals surface area (Å²) in [6, 6.07) is 19.9. The van der Waals surface area contributed by atoms with Crippen molar-refractivity contribution in [2.75, 3.05) is 11.9 Å². The number of esters is 1. The van der Waals surface area contributed by atoms with Gasteiger partial charge in [0, 0.05) is 47.2 Å². The molecule has 0 amide bonds. The van der Waals surface area contributed by atoms with Crippen LogP contribution in [0.4, 0.5) is 11.4 Å². The largest absolute Gasteiger partial charge is 0.508 e. The van der Waals surface area contributed by atoms with Crippen molar-refractivity contribution in [3.63, 3.8) is 0 Å². The van der Waals surface area contributed by atoms with Crippen LogP contribution in [0.15, 0.2) is 66.7 Å². The summed E-state index contributed by atoms with van der Waals surface area (Å²) in [5.41, 5.74) is 1.55. The number of rotatable bonds is 2. The monoisotopic (exact) mass is 557 g/mol. The SMILES string of the molecule is CN(c1ccccc1)c1ccc2c(c1)Oc1cc(O)ccc1C21OC(=O)c2c(Cl)c(Cl)c(Cl)c(Cl)c21. The van der Waals surface area contributed by atoms with E-state index in [0.717, 1.165) is 11.4 Å². The molecule has 2 heterocycles. The van der Waals surface area contributed by atoms with Gasteiger partial charge < -0.3 is 19.5 Å². The summed E-state index contributed by atoms with van der Waals surface area (Å²) in [5.74, 6) is -0.0197. The predicted molar refractivity (Wildman–Crippen MR) is 141 cm³/mol. The number of phenolic OH excluding ortho intramolecular Hbond substituents is 1. The molecule has 36 heavy (non-hydrogen) atoms. The van der Waals surface area contributed by atoms with Crippen molar-refractivity contribution in [1.82, 2.24) is 0 Å². The van der Waals surface area contributed by atoms with Crippen molar-refractivity contribution in [2.45, 2.75) is 5.60 Å². The number of halogens is 4. The average Bonchev–Trinajstić information content (AvgIpc) is 3.19. The van der Waals surface area contributed by atoms with E-state index in [-0.39, 0.29) is 37.0 Å². The molecule has 0 saturated carbocycles. The van der Waals surface area contributed by atoms with Crippen molar-refractivity contribution in [3.05, 3.63) is 109 Å². The van der Waals surface area contributed by atoms with Gasteiger partial charge in [0.15, 0.2) is 5.60 Å².